The fraction of sp³-hybridized carbons (Fsp3) is 0.250. The van der Waals surface area contributed by atoms with Crippen molar-refractivity contribution in [2.24, 2.45) is 11.0 Å². The second kappa shape index (κ2) is 11.9. The Labute approximate surface area is 224 Å². The van der Waals surface area contributed by atoms with Gasteiger partial charge >= 0.3 is 0 Å². The monoisotopic (exact) mass is 565 g/mol. The first-order valence-electron chi connectivity index (χ1n) is 11.8. The summed E-state index contributed by atoms with van der Waals surface area (Å²) >= 11 is 3.53. The van der Waals surface area contributed by atoms with Gasteiger partial charge in [0.1, 0.15) is 18.4 Å². The summed E-state index contributed by atoms with van der Waals surface area (Å²) < 4.78 is 17.3. The van der Waals surface area contributed by atoms with E-state index in [1.807, 2.05) is 63.2 Å². The van der Waals surface area contributed by atoms with Crippen molar-refractivity contribution in [2.75, 3.05) is 6.79 Å². The Morgan fingerprint density at radius 3 is 2.54 bits per heavy atom. The summed E-state index contributed by atoms with van der Waals surface area (Å²) in [5, 5.41) is 6.84. The molecule has 2 N–H and O–H groups in total. The molecule has 1 heterocycles. The Kier molecular flexibility index (Phi) is 8.45. The molecular weight excluding hydrogens is 538 g/mol. The average Bonchev–Trinajstić information content (AvgIpc) is 3.35. The number of nitrogens with one attached hydrogen (secondary N) is 2. The maximum atomic E-state index is 12.8. The first-order valence-corrected chi connectivity index (χ1v) is 12.6. The van der Waals surface area contributed by atoms with Crippen LogP contribution in [0.1, 0.15) is 40.9 Å². The van der Waals surface area contributed by atoms with E-state index in [9.17, 15) is 9.59 Å². The maximum absolute atomic E-state index is 12.8. The number of nitrogens with zero attached hydrogens (tertiary/aromatic N) is 1. The molecule has 0 fully saturated rings. The van der Waals surface area contributed by atoms with Gasteiger partial charge in [0.25, 0.3) is 11.8 Å². The number of fused-ring (bicyclic) bond motifs is 1. The molecule has 0 saturated carbocycles. The summed E-state index contributed by atoms with van der Waals surface area (Å²) in [6.45, 7) is 6.32. The normalized spacial score (nSPS) is 13.0. The van der Waals surface area contributed by atoms with Crippen molar-refractivity contribution in [3.8, 4) is 17.2 Å². The number of carbonyl (C=O) groups is 2. The molecular formula is C28H28BrN3O5. The van der Waals surface area contributed by atoms with Crippen LogP contribution in [0, 0.1) is 12.8 Å². The van der Waals surface area contributed by atoms with Gasteiger partial charge in [-0.25, -0.2) is 5.43 Å². The van der Waals surface area contributed by atoms with Crippen LogP contribution in [0.3, 0.4) is 0 Å². The SMILES string of the molecule is Cc1ccc(COc2ccc(/C=N/NC(=O)C(NC(=O)c3ccc4c(c3)OCO4)C(C)C)cc2Br)cc1. The molecule has 2 amide bonds. The van der Waals surface area contributed by atoms with E-state index in [0.717, 1.165) is 15.6 Å². The molecule has 1 aliphatic rings. The lowest BCUT2D eigenvalue weighted by Gasteiger charge is -2.20. The van der Waals surface area contributed by atoms with E-state index in [-0.39, 0.29) is 18.6 Å². The third kappa shape index (κ3) is 6.89. The lowest BCUT2D eigenvalue weighted by molar-refractivity contribution is -0.123. The highest BCUT2D eigenvalue weighted by molar-refractivity contribution is 9.10. The van der Waals surface area contributed by atoms with Crippen LogP contribution in [0.25, 0.3) is 0 Å². The van der Waals surface area contributed by atoms with Crippen LogP contribution in [0.15, 0.2) is 70.2 Å². The summed E-state index contributed by atoms with van der Waals surface area (Å²) in [6.07, 6.45) is 1.53. The molecule has 3 aromatic rings. The summed E-state index contributed by atoms with van der Waals surface area (Å²) in [7, 11) is 0. The van der Waals surface area contributed by atoms with Gasteiger partial charge in [0.15, 0.2) is 11.5 Å². The zero-order valence-corrected chi connectivity index (χ0v) is 22.4. The summed E-state index contributed by atoms with van der Waals surface area (Å²) in [5.41, 5.74) is 5.94. The van der Waals surface area contributed by atoms with Crippen molar-refractivity contribution < 1.29 is 23.8 Å². The highest BCUT2D eigenvalue weighted by Gasteiger charge is 2.25. The van der Waals surface area contributed by atoms with Crippen LogP contribution in [-0.4, -0.2) is 30.9 Å². The highest BCUT2D eigenvalue weighted by Crippen LogP contribution is 2.32. The number of benzene rings is 3. The molecule has 4 rings (SSSR count). The Bertz CT molecular complexity index is 1310. The lowest BCUT2D eigenvalue weighted by atomic mass is 10.0. The van der Waals surface area contributed by atoms with E-state index in [1.165, 1.54) is 11.8 Å². The number of carbonyl (C=O) groups excluding carboxylic acids is 2. The Morgan fingerprint density at radius 2 is 1.81 bits per heavy atom. The third-order valence-corrected chi connectivity index (χ3v) is 6.35. The smallest absolute Gasteiger partial charge is 0.262 e. The van der Waals surface area contributed by atoms with E-state index in [1.54, 1.807) is 18.2 Å². The molecule has 3 aromatic carbocycles. The van der Waals surface area contributed by atoms with Gasteiger partial charge in [0.05, 0.1) is 10.7 Å². The number of aryl methyl sites for hydroxylation is 1. The largest absolute Gasteiger partial charge is 0.488 e. The van der Waals surface area contributed by atoms with Gasteiger partial charge < -0.3 is 19.5 Å². The zero-order chi connectivity index (χ0) is 26.4. The Morgan fingerprint density at radius 1 is 1.05 bits per heavy atom. The van der Waals surface area contributed by atoms with Gasteiger partial charge in [-0.05, 0) is 76.3 Å². The van der Waals surface area contributed by atoms with Crippen LogP contribution >= 0.6 is 15.9 Å². The predicted octanol–water partition coefficient (Wildman–Crippen LogP) is 4.97. The Balaban J connectivity index is 1.32. The van der Waals surface area contributed by atoms with Crippen molar-refractivity contribution in [1.82, 2.24) is 10.7 Å². The standard InChI is InChI=1S/C28H28BrN3O5/c1-17(2)26(31-27(33)21-9-11-24-25(13-21)37-16-36-24)28(34)32-30-14-20-8-10-23(22(29)12-20)35-15-19-6-4-18(3)5-7-19/h4-14,17,26H,15-16H2,1-3H3,(H,31,33)(H,32,34)/b30-14+. The molecule has 192 valence electrons. The van der Waals surface area contributed by atoms with Gasteiger partial charge in [-0.3, -0.25) is 9.59 Å². The summed E-state index contributed by atoms with van der Waals surface area (Å²) in [4.78, 5) is 25.5. The zero-order valence-electron chi connectivity index (χ0n) is 20.8. The molecule has 1 unspecified atom stereocenters. The number of halogens is 1. The minimum atomic E-state index is -0.778. The second-order valence-electron chi connectivity index (χ2n) is 8.96. The minimum absolute atomic E-state index is 0.120. The maximum Gasteiger partial charge on any atom is 0.262 e. The molecule has 1 atom stereocenters. The second-order valence-corrected chi connectivity index (χ2v) is 9.82. The molecule has 0 radical (unpaired) electrons. The topological polar surface area (TPSA) is 98.2 Å². The van der Waals surface area contributed by atoms with Crippen LogP contribution in [0.2, 0.25) is 0 Å². The van der Waals surface area contributed by atoms with Gasteiger partial charge in [0.2, 0.25) is 6.79 Å². The minimum Gasteiger partial charge on any atom is -0.488 e. The van der Waals surface area contributed by atoms with Crippen molar-refractivity contribution >= 4 is 34.0 Å². The molecule has 37 heavy (non-hydrogen) atoms. The van der Waals surface area contributed by atoms with Crippen LogP contribution in [-0.2, 0) is 11.4 Å². The summed E-state index contributed by atoms with van der Waals surface area (Å²) in [5.74, 6) is 0.820. The molecule has 0 aliphatic carbocycles. The van der Waals surface area contributed by atoms with Crippen LogP contribution in [0.5, 0.6) is 17.2 Å². The van der Waals surface area contributed by atoms with Crippen LogP contribution in [0.4, 0.5) is 0 Å². The number of ether oxygens (including phenoxy) is 3. The third-order valence-electron chi connectivity index (χ3n) is 5.73. The lowest BCUT2D eigenvalue weighted by Crippen LogP contribution is -2.48. The first-order chi connectivity index (χ1) is 17.8. The molecule has 1 aliphatic heterocycles. The molecule has 0 saturated heterocycles. The van der Waals surface area contributed by atoms with E-state index in [0.29, 0.717) is 29.4 Å². The number of hydrazone groups is 1. The van der Waals surface area contributed by atoms with E-state index >= 15 is 0 Å². The number of rotatable bonds is 9. The first kappa shape index (κ1) is 26.2. The average molecular weight is 566 g/mol. The predicted molar refractivity (Wildman–Crippen MR) is 144 cm³/mol. The van der Waals surface area contributed by atoms with Crippen molar-refractivity contribution in [2.45, 2.75) is 33.4 Å². The van der Waals surface area contributed by atoms with E-state index < -0.39 is 11.9 Å². The van der Waals surface area contributed by atoms with E-state index in [4.69, 9.17) is 14.2 Å². The van der Waals surface area contributed by atoms with Gasteiger partial charge in [0, 0.05) is 5.56 Å². The molecule has 0 bridgehead atoms. The fourth-order valence-electron chi connectivity index (χ4n) is 3.60. The van der Waals surface area contributed by atoms with Gasteiger partial charge in [-0.15, -0.1) is 0 Å². The number of hydrogen-bond donors (Lipinski definition) is 2. The van der Waals surface area contributed by atoms with Gasteiger partial charge in [-0.1, -0.05) is 43.7 Å². The molecule has 8 nitrogen and oxygen atoms in total. The number of amides is 2. The molecule has 0 aromatic heterocycles. The van der Waals surface area contributed by atoms with Crippen molar-refractivity contribution in [3.05, 3.63) is 87.4 Å². The van der Waals surface area contributed by atoms with E-state index in [2.05, 4.69) is 31.8 Å². The summed E-state index contributed by atoms with van der Waals surface area (Å²) in [6, 6.07) is 17.8. The van der Waals surface area contributed by atoms with Crippen molar-refractivity contribution in [1.29, 1.82) is 0 Å². The molecule has 9 heteroatoms. The quantitative estimate of drug-likeness (QED) is 0.282. The fourth-order valence-corrected chi connectivity index (χ4v) is 4.11. The number of hydrogen-bond acceptors (Lipinski definition) is 6. The molecule has 0 spiro atoms. The highest BCUT2D eigenvalue weighted by atomic mass is 79.9. The van der Waals surface area contributed by atoms with Crippen LogP contribution < -0.4 is 25.0 Å². The van der Waals surface area contributed by atoms with Crippen molar-refractivity contribution in [3.63, 3.8) is 0 Å². The van der Waals surface area contributed by atoms with Gasteiger partial charge in [-0.2, -0.15) is 5.10 Å². The Hall–Kier alpha value is -3.85.